The molecule has 1 aliphatic rings. The quantitative estimate of drug-likeness (QED) is 0.627. The molecule has 0 bridgehead atoms. The number of benzene rings is 1. The third kappa shape index (κ3) is 3.32. The van der Waals surface area contributed by atoms with Crippen molar-refractivity contribution in [3.05, 3.63) is 23.8 Å². The topological polar surface area (TPSA) is 38.5 Å². The Balaban J connectivity index is 1.86. The van der Waals surface area contributed by atoms with Crippen molar-refractivity contribution in [1.29, 1.82) is 0 Å². The fourth-order valence-corrected chi connectivity index (χ4v) is 1.74. The van der Waals surface area contributed by atoms with Crippen LogP contribution in [0.2, 0.25) is 0 Å². The highest BCUT2D eigenvalue weighted by atomic mass is 19.2. The lowest BCUT2D eigenvalue weighted by Gasteiger charge is -2.21. The summed E-state index contributed by atoms with van der Waals surface area (Å²) in [4.78, 5) is 1.77. The number of nitrogens with zero attached hydrogens (tertiary/aromatic N) is 1. The molecular formula is C13H18F2N2O. The summed E-state index contributed by atoms with van der Waals surface area (Å²) in [6, 6.07) is 2.12. The largest absolute Gasteiger partial charge is 0.397 e. The third-order valence-electron chi connectivity index (χ3n) is 3.10. The number of halogens is 2. The first-order valence-electron chi connectivity index (χ1n) is 6.11. The molecule has 5 heteroatoms. The van der Waals surface area contributed by atoms with Crippen molar-refractivity contribution in [3.8, 4) is 0 Å². The lowest BCUT2D eigenvalue weighted by Crippen LogP contribution is -2.24. The Labute approximate surface area is 106 Å². The van der Waals surface area contributed by atoms with Crippen LogP contribution in [0.4, 0.5) is 20.2 Å². The van der Waals surface area contributed by atoms with Crippen LogP contribution in [0.5, 0.6) is 0 Å². The Hall–Kier alpha value is -1.36. The zero-order valence-corrected chi connectivity index (χ0v) is 10.5. The van der Waals surface area contributed by atoms with Gasteiger partial charge in [-0.15, -0.1) is 0 Å². The van der Waals surface area contributed by atoms with Gasteiger partial charge in [0.05, 0.1) is 18.0 Å². The normalized spacial score (nSPS) is 14.8. The molecule has 1 aromatic rings. The maximum Gasteiger partial charge on any atom is 0.161 e. The van der Waals surface area contributed by atoms with Gasteiger partial charge in [0.15, 0.2) is 11.6 Å². The van der Waals surface area contributed by atoms with Crippen LogP contribution in [0.15, 0.2) is 12.1 Å². The van der Waals surface area contributed by atoms with Crippen LogP contribution < -0.4 is 10.6 Å². The Morgan fingerprint density at radius 2 is 2.00 bits per heavy atom. The van der Waals surface area contributed by atoms with Crippen LogP contribution in [0.25, 0.3) is 0 Å². The maximum absolute atomic E-state index is 13.1. The molecule has 3 nitrogen and oxygen atoms in total. The summed E-state index contributed by atoms with van der Waals surface area (Å²) < 4.78 is 31.6. The molecule has 0 heterocycles. The van der Waals surface area contributed by atoms with Gasteiger partial charge in [-0.05, 0) is 18.8 Å². The molecule has 100 valence electrons. The van der Waals surface area contributed by atoms with Crippen LogP contribution >= 0.6 is 0 Å². The van der Waals surface area contributed by atoms with Gasteiger partial charge in [0, 0.05) is 32.3 Å². The second-order valence-corrected chi connectivity index (χ2v) is 4.76. The summed E-state index contributed by atoms with van der Waals surface area (Å²) in [5.74, 6) is -1.08. The van der Waals surface area contributed by atoms with Gasteiger partial charge in [0.25, 0.3) is 0 Å². The lowest BCUT2D eigenvalue weighted by molar-refractivity contribution is 0.131. The molecule has 18 heavy (non-hydrogen) atoms. The molecule has 0 saturated heterocycles. The average molecular weight is 256 g/mol. The summed E-state index contributed by atoms with van der Waals surface area (Å²) in [6.07, 6.45) is 2.51. The van der Waals surface area contributed by atoms with Crippen molar-refractivity contribution in [2.24, 2.45) is 5.92 Å². The summed E-state index contributed by atoms with van der Waals surface area (Å²) in [5, 5.41) is 0. The Kier molecular flexibility index (Phi) is 4.01. The highest BCUT2D eigenvalue weighted by Crippen LogP contribution is 2.29. The van der Waals surface area contributed by atoms with Gasteiger partial charge in [-0.1, -0.05) is 0 Å². The van der Waals surface area contributed by atoms with E-state index in [1.807, 2.05) is 0 Å². The number of hydrogen-bond acceptors (Lipinski definition) is 3. The Bertz CT molecular complexity index is 422. The molecule has 0 unspecified atom stereocenters. The predicted molar refractivity (Wildman–Crippen MR) is 67.6 cm³/mol. The van der Waals surface area contributed by atoms with Crippen molar-refractivity contribution in [3.63, 3.8) is 0 Å². The minimum Gasteiger partial charge on any atom is -0.397 e. The molecule has 1 aromatic carbocycles. The van der Waals surface area contributed by atoms with E-state index >= 15 is 0 Å². The van der Waals surface area contributed by atoms with Gasteiger partial charge in [0.2, 0.25) is 0 Å². The molecule has 1 saturated carbocycles. The monoisotopic (exact) mass is 256 g/mol. The highest BCUT2D eigenvalue weighted by Gasteiger charge is 2.21. The highest BCUT2D eigenvalue weighted by molar-refractivity contribution is 5.67. The van der Waals surface area contributed by atoms with Gasteiger partial charge in [-0.25, -0.2) is 8.78 Å². The second kappa shape index (κ2) is 5.52. The van der Waals surface area contributed by atoms with Crippen molar-refractivity contribution in [2.45, 2.75) is 12.8 Å². The average Bonchev–Trinajstić information content (AvgIpc) is 3.13. The minimum absolute atomic E-state index is 0.235. The van der Waals surface area contributed by atoms with Crippen molar-refractivity contribution >= 4 is 11.4 Å². The Morgan fingerprint density at radius 3 is 2.67 bits per heavy atom. The van der Waals surface area contributed by atoms with Crippen LogP contribution in [0.3, 0.4) is 0 Å². The summed E-state index contributed by atoms with van der Waals surface area (Å²) in [6.45, 7) is 1.95. The van der Waals surface area contributed by atoms with E-state index in [-0.39, 0.29) is 5.69 Å². The molecule has 0 radical (unpaired) electrons. The van der Waals surface area contributed by atoms with E-state index in [2.05, 4.69) is 0 Å². The van der Waals surface area contributed by atoms with Crippen molar-refractivity contribution < 1.29 is 13.5 Å². The zero-order chi connectivity index (χ0) is 13.1. The minimum atomic E-state index is -0.922. The summed E-state index contributed by atoms with van der Waals surface area (Å²) in [7, 11) is 1.78. The predicted octanol–water partition coefficient (Wildman–Crippen LogP) is 2.41. The van der Waals surface area contributed by atoms with Crippen LogP contribution in [-0.2, 0) is 4.74 Å². The van der Waals surface area contributed by atoms with E-state index in [1.54, 1.807) is 11.9 Å². The molecule has 1 aliphatic carbocycles. The Morgan fingerprint density at radius 1 is 1.33 bits per heavy atom. The first kappa shape index (κ1) is 13.1. The summed E-state index contributed by atoms with van der Waals surface area (Å²) >= 11 is 0. The summed E-state index contributed by atoms with van der Waals surface area (Å²) in [5.41, 5.74) is 6.39. The molecule has 2 rings (SSSR count). The SMILES string of the molecule is CN(CCOCC1CC1)c1cc(F)c(F)cc1N. The fourth-order valence-electron chi connectivity index (χ4n) is 1.74. The number of hydrogen-bond donors (Lipinski definition) is 1. The zero-order valence-electron chi connectivity index (χ0n) is 10.5. The molecule has 0 aliphatic heterocycles. The van der Waals surface area contributed by atoms with Gasteiger partial charge < -0.3 is 15.4 Å². The molecule has 2 N–H and O–H groups in total. The maximum atomic E-state index is 13.1. The van der Waals surface area contributed by atoms with Gasteiger partial charge in [-0.2, -0.15) is 0 Å². The third-order valence-corrected chi connectivity index (χ3v) is 3.10. The second-order valence-electron chi connectivity index (χ2n) is 4.76. The number of likely N-dealkylation sites (N-methyl/N-ethyl adjacent to an activating group) is 1. The van der Waals surface area contributed by atoms with Gasteiger partial charge >= 0.3 is 0 Å². The molecule has 0 amide bonds. The van der Waals surface area contributed by atoms with E-state index in [4.69, 9.17) is 10.5 Å². The van der Waals surface area contributed by atoms with Crippen molar-refractivity contribution in [2.75, 3.05) is 37.4 Å². The smallest absolute Gasteiger partial charge is 0.161 e. The van der Waals surface area contributed by atoms with Crippen molar-refractivity contribution in [1.82, 2.24) is 0 Å². The molecule has 0 aromatic heterocycles. The number of nitrogens with two attached hydrogens (primary N) is 1. The van der Waals surface area contributed by atoms with E-state index < -0.39 is 11.6 Å². The molecular weight excluding hydrogens is 238 g/mol. The van der Waals surface area contributed by atoms with E-state index in [9.17, 15) is 8.78 Å². The number of rotatable bonds is 6. The van der Waals surface area contributed by atoms with Crippen LogP contribution in [0, 0.1) is 17.6 Å². The van der Waals surface area contributed by atoms with Crippen LogP contribution in [-0.4, -0.2) is 26.8 Å². The first-order chi connectivity index (χ1) is 8.58. The van der Waals surface area contributed by atoms with Crippen LogP contribution in [0.1, 0.15) is 12.8 Å². The fraction of sp³-hybridized carbons (Fsp3) is 0.538. The lowest BCUT2D eigenvalue weighted by atomic mass is 10.2. The molecule has 0 atom stereocenters. The van der Waals surface area contributed by atoms with E-state index in [1.165, 1.54) is 12.8 Å². The standard InChI is InChI=1S/C13H18F2N2O/c1-17(4-5-18-8-9-2-3-9)13-7-11(15)10(14)6-12(13)16/h6-7,9H,2-5,8,16H2,1H3. The molecule has 0 spiro atoms. The van der Waals surface area contributed by atoms with E-state index in [0.717, 1.165) is 24.7 Å². The number of nitrogen functional groups attached to an aromatic ring is 1. The number of ether oxygens (including phenoxy) is 1. The van der Waals surface area contributed by atoms with Gasteiger partial charge in [0.1, 0.15) is 0 Å². The first-order valence-corrected chi connectivity index (χ1v) is 6.11. The van der Waals surface area contributed by atoms with Gasteiger partial charge in [-0.3, -0.25) is 0 Å². The number of anilines is 2. The molecule has 1 fully saturated rings. The van der Waals surface area contributed by atoms with E-state index in [0.29, 0.717) is 18.8 Å².